The Kier molecular flexibility index (Phi) is 6.73. The van der Waals surface area contributed by atoms with Gasteiger partial charge in [-0.05, 0) is 23.3 Å². The van der Waals surface area contributed by atoms with E-state index in [4.69, 9.17) is 4.79 Å². The number of carbonyl (C=O) groups is 1. The fourth-order valence-corrected chi connectivity index (χ4v) is 2.60. The average Bonchev–Trinajstić information content (AvgIpc) is 2.29. The topological polar surface area (TPSA) is 74.3 Å². The van der Waals surface area contributed by atoms with Gasteiger partial charge in [0.1, 0.15) is 16.9 Å². The first-order valence-electron chi connectivity index (χ1n) is 4.73. The van der Waals surface area contributed by atoms with Gasteiger partial charge in [-0.15, -0.1) is 0 Å². The third kappa shape index (κ3) is 3.63. The monoisotopic (exact) mass is 274 g/mol. The molecule has 0 bridgehead atoms. The number of rotatable bonds is 1. The molecule has 0 fully saturated rings. The summed E-state index contributed by atoms with van der Waals surface area (Å²) in [5.41, 5.74) is 0.490. The van der Waals surface area contributed by atoms with Crippen LogP contribution in [-0.4, -0.2) is 19.8 Å². The molecule has 0 spiro atoms. The summed E-state index contributed by atoms with van der Waals surface area (Å²) in [6.07, 6.45) is 0. The van der Waals surface area contributed by atoms with Crippen LogP contribution in [0.4, 0.5) is 0 Å². The van der Waals surface area contributed by atoms with E-state index in [1.807, 2.05) is 6.79 Å². The molecule has 0 aliphatic rings. The maximum Gasteiger partial charge on any atom is 1.00 e. The fourth-order valence-electron chi connectivity index (χ4n) is 1.68. The molecule has 0 aliphatic carbocycles. The Labute approximate surface area is 128 Å². The molecule has 4 nitrogen and oxygen atoms in total. The molecule has 2 aromatic rings. The summed E-state index contributed by atoms with van der Waals surface area (Å²) < 4.78 is 33.3. The van der Waals surface area contributed by atoms with Crippen molar-refractivity contribution in [1.29, 1.82) is 0 Å². The molecular formula is C12H11NaO4S. The molecule has 2 rings (SSSR count). The Morgan fingerprint density at radius 3 is 2.17 bits per heavy atom. The van der Waals surface area contributed by atoms with Crippen LogP contribution in [0.2, 0.25) is 0 Å². The van der Waals surface area contributed by atoms with E-state index < -0.39 is 10.1 Å². The van der Waals surface area contributed by atoms with Crippen molar-refractivity contribution >= 4 is 27.7 Å². The molecule has 0 N–H and O–H groups in total. The zero-order valence-corrected chi connectivity index (χ0v) is 13.0. The number of benzene rings is 2. The molecule has 0 radical (unpaired) electrons. The summed E-state index contributed by atoms with van der Waals surface area (Å²) in [6.45, 7) is 3.62. The average molecular weight is 274 g/mol. The molecule has 0 saturated carbocycles. The van der Waals surface area contributed by atoms with Gasteiger partial charge in [0, 0.05) is 0 Å². The normalized spacial score (nSPS) is 10.1. The molecule has 6 heteroatoms. The second-order valence-electron chi connectivity index (χ2n) is 3.39. The van der Waals surface area contributed by atoms with E-state index in [2.05, 4.69) is 0 Å². The molecule has 0 unspecified atom stereocenters. The van der Waals surface area contributed by atoms with Gasteiger partial charge in [0.25, 0.3) is 0 Å². The molecule has 0 heterocycles. The van der Waals surface area contributed by atoms with Crippen LogP contribution in [0, 0.1) is 6.92 Å². The van der Waals surface area contributed by atoms with Crippen molar-refractivity contribution in [3.05, 3.63) is 42.0 Å². The molecular weight excluding hydrogens is 263 g/mol. The van der Waals surface area contributed by atoms with Crippen molar-refractivity contribution in [2.75, 3.05) is 0 Å². The molecule has 0 atom stereocenters. The number of hydrogen-bond donors (Lipinski definition) is 0. The number of carbonyl (C=O) groups excluding carboxylic acids is 1. The van der Waals surface area contributed by atoms with E-state index in [1.165, 1.54) is 0 Å². The predicted octanol–water partition coefficient (Wildman–Crippen LogP) is -1.13. The second kappa shape index (κ2) is 7.01. The Balaban J connectivity index is 0.000000917. The minimum absolute atomic E-state index is 0. The number of hydrogen-bond acceptors (Lipinski definition) is 4. The maximum atomic E-state index is 11.1. The third-order valence-corrected chi connectivity index (χ3v) is 3.37. The van der Waals surface area contributed by atoms with Crippen molar-refractivity contribution in [1.82, 2.24) is 0 Å². The summed E-state index contributed by atoms with van der Waals surface area (Å²) >= 11 is 0. The first-order chi connectivity index (χ1) is 8.00. The van der Waals surface area contributed by atoms with E-state index in [9.17, 15) is 13.0 Å². The van der Waals surface area contributed by atoms with Gasteiger partial charge in [-0.2, -0.15) is 0 Å². The fraction of sp³-hybridized carbons (Fsp3) is 0.0833. The first kappa shape index (κ1) is 17.3. The van der Waals surface area contributed by atoms with Crippen LogP contribution in [0.5, 0.6) is 0 Å². The zero-order valence-electron chi connectivity index (χ0n) is 10.2. The van der Waals surface area contributed by atoms with Gasteiger partial charge in [-0.3, -0.25) is 0 Å². The van der Waals surface area contributed by atoms with Crippen molar-refractivity contribution in [2.45, 2.75) is 11.8 Å². The Bertz CT molecular complexity index is 638. The van der Waals surface area contributed by atoms with E-state index in [0.717, 1.165) is 5.39 Å². The first-order valence-corrected chi connectivity index (χ1v) is 6.14. The van der Waals surface area contributed by atoms with E-state index in [0.29, 0.717) is 10.9 Å². The van der Waals surface area contributed by atoms with Gasteiger partial charge in [0.05, 0.1) is 4.90 Å². The quantitative estimate of drug-likeness (QED) is 0.487. The standard InChI is InChI=1S/C11H10O3S.CH2O.Na/c1-8-6-7-9-4-2-3-5-10(9)11(8)15(12,13)14;1-2;/h2-7H,1H3,(H,12,13,14);1H2;/q;;+1/p-1. The summed E-state index contributed by atoms with van der Waals surface area (Å²) in [7, 11) is -4.41. The van der Waals surface area contributed by atoms with Gasteiger partial charge >= 0.3 is 29.6 Å². The largest absolute Gasteiger partial charge is 1.00 e. The van der Waals surface area contributed by atoms with Gasteiger partial charge in [0.15, 0.2) is 0 Å². The van der Waals surface area contributed by atoms with Crippen LogP contribution in [0.25, 0.3) is 10.8 Å². The van der Waals surface area contributed by atoms with Crippen molar-refractivity contribution < 1.29 is 47.3 Å². The Morgan fingerprint density at radius 2 is 1.61 bits per heavy atom. The minimum atomic E-state index is -4.41. The summed E-state index contributed by atoms with van der Waals surface area (Å²) in [4.78, 5) is 7.89. The van der Waals surface area contributed by atoms with Gasteiger partial charge in [0.2, 0.25) is 0 Å². The van der Waals surface area contributed by atoms with Crippen LogP contribution in [0.15, 0.2) is 41.3 Å². The van der Waals surface area contributed by atoms with E-state index in [1.54, 1.807) is 43.3 Å². The van der Waals surface area contributed by atoms with Gasteiger partial charge in [-0.1, -0.05) is 36.4 Å². The molecule has 0 aromatic heterocycles. The van der Waals surface area contributed by atoms with E-state index in [-0.39, 0.29) is 34.5 Å². The molecule has 18 heavy (non-hydrogen) atoms. The van der Waals surface area contributed by atoms with Crippen LogP contribution >= 0.6 is 0 Å². The van der Waals surface area contributed by atoms with Crippen molar-refractivity contribution in [3.8, 4) is 0 Å². The summed E-state index contributed by atoms with van der Waals surface area (Å²) in [5.74, 6) is 0. The minimum Gasteiger partial charge on any atom is -0.744 e. The molecule has 0 amide bonds. The zero-order chi connectivity index (χ0) is 13.1. The molecule has 2 aromatic carbocycles. The molecule has 0 saturated heterocycles. The van der Waals surface area contributed by atoms with Crippen LogP contribution < -0.4 is 29.6 Å². The third-order valence-electron chi connectivity index (χ3n) is 2.33. The van der Waals surface area contributed by atoms with Crippen LogP contribution in [-0.2, 0) is 14.9 Å². The number of fused-ring (bicyclic) bond motifs is 1. The van der Waals surface area contributed by atoms with Crippen molar-refractivity contribution in [2.24, 2.45) is 0 Å². The molecule has 90 valence electrons. The maximum absolute atomic E-state index is 11.1. The Morgan fingerprint density at radius 1 is 1.06 bits per heavy atom. The smallest absolute Gasteiger partial charge is 0.744 e. The summed E-state index contributed by atoms with van der Waals surface area (Å²) in [5, 5.41) is 1.25. The van der Waals surface area contributed by atoms with Crippen molar-refractivity contribution in [3.63, 3.8) is 0 Å². The van der Waals surface area contributed by atoms with E-state index >= 15 is 0 Å². The van der Waals surface area contributed by atoms with Crippen LogP contribution in [0.3, 0.4) is 0 Å². The van der Waals surface area contributed by atoms with Gasteiger partial charge < -0.3 is 9.35 Å². The predicted molar refractivity (Wildman–Crippen MR) is 63.8 cm³/mol. The SMILES string of the molecule is C=O.Cc1ccc2ccccc2c1S(=O)(=O)[O-].[Na+]. The van der Waals surface area contributed by atoms with Crippen LogP contribution in [0.1, 0.15) is 5.56 Å². The summed E-state index contributed by atoms with van der Waals surface area (Å²) in [6, 6.07) is 10.4. The Hall–Kier alpha value is -0.720. The second-order valence-corrected chi connectivity index (χ2v) is 4.70. The number of aryl methyl sites for hydroxylation is 1. The van der Waals surface area contributed by atoms with Gasteiger partial charge in [-0.25, -0.2) is 8.42 Å². The molecule has 0 aliphatic heterocycles.